The third-order valence-corrected chi connectivity index (χ3v) is 3.51. The minimum atomic E-state index is -0.413. The van der Waals surface area contributed by atoms with Crippen LogP contribution < -0.4 is 4.74 Å². The van der Waals surface area contributed by atoms with Crippen LogP contribution in [0.2, 0.25) is 0 Å². The van der Waals surface area contributed by atoms with E-state index in [4.69, 9.17) is 4.74 Å². The highest BCUT2D eigenvalue weighted by molar-refractivity contribution is 5.94. The van der Waals surface area contributed by atoms with Gasteiger partial charge in [-0.25, -0.2) is 0 Å². The Labute approximate surface area is 127 Å². The van der Waals surface area contributed by atoms with Crippen molar-refractivity contribution in [3.05, 3.63) is 70.5 Å². The number of nitro groups is 1. The summed E-state index contributed by atoms with van der Waals surface area (Å²) in [7, 11) is 0. The summed E-state index contributed by atoms with van der Waals surface area (Å²) in [6.07, 6.45) is 4.05. The molecule has 0 saturated carbocycles. The van der Waals surface area contributed by atoms with E-state index < -0.39 is 4.92 Å². The number of rotatable bonds is 4. The van der Waals surface area contributed by atoms with E-state index in [0.717, 1.165) is 6.42 Å². The summed E-state index contributed by atoms with van der Waals surface area (Å²) < 4.78 is 5.88. The van der Waals surface area contributed by atoms with Crippen molar-refractivity contribution >= 4 is 16.5 Å². The number of benzene rings is 2. The van der Waals surface area contributed by atoms with Crippen LogP contribution in [-0.2, 0) is 6.42 Å². The highest BCUT2D eigenvalue weighted by Gasteiger charge is 2.15. The van der Waals surface area contributed by atoms with Crippen molar-refractivity contribution in [3.8, 4) is 11.5 Å². The Morgan fingerprint density at radius 3 is 2.55 bits per heavy atom. The van der Waals surface area contributed by atoms with Gasteiger partial charge in [0.1, 0.15) is 11.5 Å². The van der Waals surface area contributed by atoms with E-state index >= 15 is 0 Å². The maximum Gasteiger partial charge on any atom is 0.279 e. The molecule has 0 saturated heterocycles. The number of nitro benzene ring substituents is 1. The van der Waals surface area contributed by atoms with Gasteiger partial charge in [-0.2, -0.15) is 0 Å². The molecule has 0 atom stereocenters. The molecule has 0 fully saturated rings. The lowest BCUT2D eigenvalue weighted by molar-refractivity contribution is -0.383. The van der Waals surface area contributed by atoms with Crippen LogP contribution in [-0.4, -0.2) is 9.91 Å². The van der Waals surface area contributed by atoms with Crippen molar-refractivity contribution in [3.63, 3.8) is 0 Å². The van der Waals surface area contributed by atoms with Crippen molar-refractivity contribution in [2.75, 3.05) is 0 Å². The summed E-state index contributed by atoms with van der Waals surface area (Å²) in [5.41, 5.74) is 1.25. The fraction of sp³-hybridized carbons (Fsp3) is 0.118. The third-order valence-electron chi connectivity index (χ3n) is 3.51. The van der Waals surface area contributed by atoms with E-state index in [1.165, 1.54) is 17.8 Å². The molecule has 0 aliphatic carbocycles. The summed E-state index contributed by atoms with van der Waals surface area (Å²) in [6, 6.07) is 12.6. The van der Waals surface area contributed by atoms with E-state index in [9.17, 15) is 10.1 Å². The first-order valence-corrected chi connectivity index (χ1v) is 6.97. The Morgan fingerprint density at radius 1 is 1.09 bits per heavy atom. The normalized spacial score (nSPS) is 10.6. The van der Waals surface area contributed by atoms with Gasteiger partial charge in [0.05, 0.1) is 10.3 Å². The molecule has 0 aliphatic heterocycles. The second-order valence-electron chi connectivity index (χ2n) is 4.86. The SMILES string of the molecule is CCc1ccc(Oc2ccc([N+](=O)[O-])c3cnccc23)cc1. The number of aryl methyl sites for hydroxylation is 1. The quantitative estimate of drug-likeness (QED) is 0.525. The Balaban J connectivity index is 2.03. The molecule has 1 heterocycles. The van der Waals surface area contributed by atoms with Crippen LogP contribution >= 0.6 is 0 Å². The number of ether oxygens (including phenoxy) is 1. The van der Waals surface area contributed by atoms with Crippen molar-refractivity contribution in [1.82, 2.24) is 4.98 Å². The topological polar surface area (TPSA) is 65.3 Å². The number of aromatic nitrogens is 1. The van der Waals surface area contributed by atoms with E-state index in [-0.39, 0.29) is 5.69 Å². The zero-order valence-electron chi connectivity index (χ0n) is 12.0. The zero-order valence-corrected chi connectivity index (χ0v) is 12.0. The van der Waals surface area contributed by atoms with Gasteiger partial charge in [0.2, 0.25) is 0 Å². The standard InChI is InChI=1S/C17H14N2O3/c1-2-12-3-5-13(6-4-12)22-17-8-7-16(19(20)21)15-11-18-10-9-14(15)17/h3-11H,2H2,1H3. The van der Waals surface area contributed by atoms with Gasteiger partial charge in [0.15, 0.2) is 0 Å². The van der Waals surface area contributed by atoms with Gasteiger partial charge in [-0.1, -0.05) is 19.1 Å². The van der Waals surface area contributed by atoms with Crippen LogP contribution in [0.3, 0.4) is 0 Å². The summed E-state index contributed by atoms with van der Waals surface area (Å²) in [5.74, 6) is 1.27. The van der Waals surface area contributed by atoms with Gasteiger partial charge in [0.25, 0.3) is 5.69 Å². The predicted molar refractivity (Wildman–Crippen MR) is 84.3 cm³/mol. The molecule has 5 nitrogen and oxygen atoms in total. The van der Waals surface area contributed by atoms with Crippen molar-refractivity contribution in [1.29, 1.82) is 0 Å². The Kier molecular flexibility index (Phi) is 3.70. The number of nitrogens with zero attached hydrogens (tertiary/aromatic N) is 2. The molecule has 3 aromatic rings. The minimum absolute atomic E-state index is 0.0248. The largest absolute Gasteiger partial charge is 0.457 e. The smallest absolute Gasteiger partial charge is 0.279 e. The predicted octanol–water partition coefficient (Wildman–Crippen LogP) is 4.50. The number of pyridine rings is 1. The van der Waals surface area contributed by atoms with Gasteiger partial charge in [-0.15, -0.1) is 0 Å². The van der Waals surface area contributed by atoms with Crippen LogP contribution in [0, 0.1) is 10.1 Å². The van der Waals surface area contributed by atoms with Crippen LogP contribution in [0.5, 0.6) is 11.5 Å². The maximum atomic E-state index is 11.1. The highest BCUT2D eigenvalue weighted by atomic mass is 16.6. The average molecular weight is 294 g/mol. The number of hydrogen-bond acceptors (Lipinski definition) is 4. The summed E-state index contributed by atoms with van der Waals surface area (Å²) in [6.45, 7) is 2.09. The molecule has 1 aromatic heterocycles. The van der Waals surface area contributed by atoms with Gasteiger partial charge >= 0.3 is 0 Å². The average Bonchev–Trinajstić information content (AvgIpc) is 2.55. The van der Waals surface area contributed by atoms with Crippen LogP contribution in [0.1, 0.15) is 12.5 Å². The monoisotopic (exact) mass is 294 g/mol. The van der Waals surface area contributed by atoms with Gasteiger partial charge in [-0.3, -0.25) is 15.1 Å². The first kappa shape index (κ1) is 14.0. The molecule has 0 amide bonds. The molecule has 0 N–H and O–H groups in total. The van der Waals surface area contributed by atoms with Gasteiger partial charge in [-0.05, 0) is 36.2 Å². The highest BCUT2D eigenvalue weighted by Crippen LogP contribution is 2.34. The molecule has 0 bridgehead atoms. The van der Waals surface area contributed by atoms with Crippen molar-refractivity contribution in [2.45, 2.75) is 13.3 Å². The third kappa shape index (κ3) is 2.61. The van der Waals surface area contributed by atoms with E-state index in [2.05, 4.69) is 11.9 Å². The van der Waals surface area contributed by atoms with Gasteiger partial charge in [0, 0.05) is 23.8 Å². The molecule has 0 aliphatic rings. The van der Waals surface area contributed by atoms with Crippen molar-refractivity contribution in [2.24, 2.45) is 0 Å². The fourth-order valence-corrected chi connectivity index (χ4v) is 2.32. The lowest BCUT2D eigenvalue weighted by Gasteiger charge is -2.09. The van der Waals surface area contributed by atoms with Crippen molar-refractivity contribution < 1.29 is 9.66 Å². The molecular formula is C17H14N2O3. The summed E-state index contributed by atoms with van der Waals surface area (Å²) in [4.78, 5) is 14.6. The Hall–Kier alpha value is -2.95. The Morgan fingerprint density at radius 2 is 1.86 bits per heavy atom. The molecule has 0 spiro atoms. The number of fused-ring (bicyclic) bond motifs is 1. The molecule has 0 unspecified atom stereocenters. The molecule has 5 heteroatoms. The maximum absolute atomic E-state index is 11.1. The van der Waals surface area contributed by atoms with E-state index in [1.807, 2.05) is 24.3 Å². The Bertz CT molecular complexity index is 829. The second kappa shape index (κ2) is 5.81. The molecule has 2 aromatic carbocycles. The summed E-state index contributed by atoms with van der Waals surface area (Å²) >= 11 is 0. The first-order chi connectivity index (χ1) is 10.7. The molecule has 0 radical (unpaired) electrons. The molecule has 110 valence electrons. The number of hydrogen-bond donors (Lipinski definition) is 0. The van der Waals surface area contributed by atoms with Crippen LogP contribution in [0.25, 0.3) is 10.8 Å². The number of non-ortho nitro benzene ring substituents is 1. The lowest BCUT2D eigenvalue weighted by atomic mass is 10.1. The summed E-state index contributed by atoms with van der Waals surface area (Å²) in [5, 5.41) is 12.2. The second-order valence-corrected chi connectivity index (χ2v) is 4.86. The van der Waals surface area contributed by atoms with Gasteiger partial charge < -0.3 is 4.74 Å². The molecule has 3 rings (SSSR count). The van der Waals surface area contributed by atoms with E-state index in [0.29, 0.717) is 22.3 Å². The molecule has 22 heavy (non-hydrogen) atoms. The molecular weight excluding hydrogens is 280 g/mol. The minimum Gasteiger partial charge on any atom is -0.457 e. The lowest BCUT2D eigenvalue weighted by Crippen LogP contribution is -1.93. The van der Waals surface area contributed by atoms with E-state index in [1.54, 1.807) is 18.3 Å². The fourth-order valence-electron chi connectivity index (χ4n) is 2.32. The van der Waals surface area contributed by atoms with Crippen LogP contribution in [0.4, 0.5) is 5.69 Å². The first-order valence-electron chi connectivity index (χ1n) is 6.97. The zero-order chi connectivity index (χ0) is 15.5. The van der Waals surface area contributed by atoms with Crippen LogP contribution in [0.15, 0.2) is 54.9 Å².